The Morgan fingerprint density at radius 3 is 2.58 bits per heavy atom. The molecule has 1 aliphatic heterocycles. The number of carboxylic acids is 1. The van der Waals surface area contributed by atoms with Crippen LogP contribution in [0.1, 0.15) is 21.6 Å². The van der Waals surface area contributed by atoms with Gasteiger partial charge in [0, 0.05) is 24.9 Å². The molecule has 0 bridgehead atoms. The van der Waals surface area contributed by atoms with Crippen molar-refractivity contribution in [3.8, 4) is 5.69 Å². The lowest BCUT2D eigenvalue weighted by Gasteiger charge is -2.20. The van der Waals surface area contributed by atoms with Gasteiger partial charge in [0.1, 0.15) is 23.0 Å². The number of aryl methyl sites for hydroxylation is 1. The summed E-state index contributed by atoms with van der Waals surface area (Å²) in [5.41, 5.74) is 5.21. The Labute approximate surface area is 183 Å². The average molecular weight is 456 g/mol. The Kier molecular flexibility index (Phi) is 4.41. The second-order valence-corrected chi connectivity index (χ2v) is 7.60. The molecule has 0 fully saturated rings. The fourth-order valence-corrected chi connectivity index (χ4v) is 3.96. The number of nitrogen functional groups attached to an aromatic ring is 1. The zero-order valence-corrected chi connectivity index (χ0v) is 17.0. The van der Waals surface area contributed by atoms with Crippen molar-refractivity contribution in [2.45, 2.75) is 13.1 Å². The standard InChI is InChI=1S/C21H15F3N6O3/c1-28-18(25)11-6-29(8-15(11)27-28)20-14(24)5-10-17(31)12(21(32)33)7-30(19(10)26-20)16-3-2-9(22)4-13(16)23/h2-5,7H,6,8,25H2,1H3,(H,32,33). The number of carboxylic acid groups (broad SMARTS) is 1. The highest BCUT2D eigenvalue weighted by atomic mass is 19.1. The highest BCUT2D eigenvalue weighted by Gasteiger charge is 2.29. The van der Waals surface area contributed by atoms with E-state index in [1.165, 1.54) is 4.68 Å². The summed E-state index contributed by atoms with van der Waals surface area (Å²) >= 11 is 0. The van der Waals surface area contributed by atoms with Gasteiger partial charge in [-0.2, -0.15) is 5.10 Å². The molecule has 0 atom stereocenters. The number of halogens is 3. The third-order valence-corrected chi connectivity index (χ3v) is 5.58. The number of aromatic nitrogens is 4. The minimum Gasteiger partial charge on any atom is -0.477 e. The van der Waals surface area contributed by atoms with Gasteiger partial charge in [-0.25, -0.2) is 22.9 Å². The first-order valence-corrected chi connectivity index (χ1v) is 9.65. The summed E-state index contributed by atoms with van der Waals surface area (Å²) in [6.45, 7) is 0.394. The molecule has 168 valence electrons. The van der Waals surface area contributed by atoms with E-state index in [-0.39, 0.29) is 35.6 Å². The summed E-state index contributed by atoms with van der Waals surface area (Å²) in [4.78, 5) is 30.1. The largest absolute Gasteiger partial charge is 0.477 e. The average Bonchev–Trinajstić information content (AvgIpc) is 3.27. The topological polar surface area (TPSA) is 119 Å². The molecule has 1 aromatic carbocycles. The first-order valence-electron chi connectivity index (χ1n) is 9.65. The summed E-state index contributed by atoms with van der Waals surface area (Å²) in [6, 6.07) is 3.51. The van der Waals surface area contributed by atoms with E-state index in [4.69, 9.17) is 5.73 Å². The molecular formula is C21H15F3N6O3. The first-order chi connectivity index (χ1) is 15.7. The van der Waals surface area contributed by atoms with Crippen LogP contribution in [0, 0.1) is 17.5 Å². The molecule has 0 radical (unpaired) electrons. The molecule has 4 heterocycles. The van der Waals surface area contributed by atoms with Crippen molar-refractivity contribution >= 4 is 28.6 Å². The lowest BCUT2D eigenvalue weighted by molar-refractivity contribution is 0.0695. The van der Waals surface area contributed by atoms with Crippen LogP contribution in [0.4, 0.5) is 24.8 Å². The summed E-state index contributed by atoms with van der Waals surface area (Å²) in [6.07, 6.45) is 0.885. The smallest absolute Gasteiger partial charge is 0.341 e. The van der Waals surface area contributed by atoms with Crippen molar-refractivity contribution in [2.75, 3.05) is 10.6 Å². The zero-order valence-electron chi connectivity index (χ0n) is 17.0. The molecule has 1 aliphatic rings. The van der Waals surface area contributed by atoms with Gasteiger partial charge in [0.15, 0.2) is 17.3 Å². The molecular weight excluding hydrogens is 441 g/mol. The van der Waals surface area contributed by atoms with E-state index in [0.717, 1.165) is 29.0 Å². The minimum atomic E-state index is -1.58. The Morgan fingerprint density at radius 1 is 1.15 bits per heavy atom. The fourth-order valence-electron chi connectivity index (χ4n) is 3.96. The van der Waals surface area contributed by atoms with E-state index in [1.54, 1.807) is 11.9 Å². The Hall–Kier alpha value is -4.35. The lowest BCUT2D eigenvalue weighted by Crippen LogP contribution is -2.23. The number of fused-ring (bicyclic) bond motifs is 2. The summed E-state index contributed by atoms with van der Waals surface area (Å²) < 4.78 is 45.6. The van der Waals surface area contributed by atoms with Crippen molar-refractivity contribution in [1.29, 1.82) is 0 Å². The predicted molar refractivity (Wildman–Crippen MR) is 112 cm³/mol. The van der Waals surface area contributed by atoms with E-state index in [2.05, 4.69) is 10.1 Å². The third-order valence-electron chi connectivity index (χ3n) is 5.58. The SMILES string of the molecule is Cn1nc2c(c1N)CN(c1nc3c(cc1F)c(=O)c(C(=O)O)cn3-c1ccc(F)cc1F)C2. The Morgan fingerprint density at radius 2 is 1.91 bits per heavy atom. The zero-order chi connectivity index (χ0) is 23.6. The van der Waals surface area contributed by atoms with Gasteiger partial charge in [0.2, 0.25) is 5.43 Å². The number of benzene rings is 1. The molecule has 3 aromatic heterocycles. The first kappa shape index (κ1) is 20.5. The molecule has 0 spiro atoms. The summed E-state index contributed by atoms with van der Waals surface area (Å²) in [5, 5.41) is 13.3. The van der Waals surface area contributed by atoms with Gasteiger partial charge >= 0.3 is 5.97 Å². The Bertz CT molecular complexity index is 1550. The highest BCUT2D eigenvalue weighted by Crippen LogP contribution is 2.32. The second-order valence-electron chi connectivity index (χ2n) is 7.60. The van der Waals surface area contributed by atoms with Crippen LogP contribution in [-0.4, -0.2) is 30.4 Å². The van der Waals surface area contributed by atoms with Gasteiger partial charge in [-0.05, 0) is 18.2 Å². The van der Waals surface area contributed by atoms with E-state index >= 15 is 4.39 Å². The maximum absolute atomic E-state index is 15.1. The lowest BCUT2D eigenvalue weighted by atomic mass is 10.1. The van der Waals surface area contributed by atoms with Crippen molar-refractivity contribution in [2.24, 2.45) is 7.05 Å². The van der Waals surface area contributed by atoms with Crippen LogP contribution in [0.5, 0.6) is 0 Å². The molecule has 0 amide bonds. The number of hydrogen-bond acceptors (Lipinski definition) is 6. The number of nitrogens with zero attached hydrogens (tertiary/aromatic N) is 5. The molecule has 0 unspecified atom stereocenters. The minimum absolute atomic E-state index is 0.152. The van der Waals surface area contributed by atoms with Crippen molar-refractivity contribution in [3.63, 3.8) is 0 Å². The van der Waals surface area contributed by atoms with Gasteiger partial charge in [-0.3, -0.25) is 14.0 Å². The molecule has 12 heteroatoms. The van der Waals surface area contributed by atoms with Crippen molar-refractivity contribution in [3.05, 3.63) is 75.0 Å². The van der Waals surface area contributed by atoms with Gasteiger partial charge < -0.3 is 15.7 Å². The van der Waals surface area contributed by atoms with Crippen LogP contribution in [0.25, 0.3) is 16.7 Å². The normalized spacial score (nSPS) is 13.0. The van der Waals surface area contributed by atoms with Gasteiger partial charge in [-0.15, -0.1) is 0 Å². The number of rotatable bonds is 3. The van der Waals surface area contributed by atoms with E-state index in [0.29, 0.717) is 23.1 Å². The van der Waals surface area contributed by atoms with Gasteiger partial charge in [-0.1, -0.05) is 0 Å². The van der Waals surface area contributed by atoms with Crippen molar-refractivity contribution in [1.82, 2.24) is 19.3 Å². The van der Waals surface area contributed by atoms with Crippen LogP contribution >= 0.6 is 0 Å². The highest BCUT2D eigenvalue weighted by molar-refractivity contribution is 5.92. The van der Waals surface area contributed by atoms with Crippen molar-refractivity contribution < 1.29 is 23.1 Å². The number of pyridine rings is 2. The molecule has 0 saturated carbocycles. The van der Waals surface area contributed by atoms with Gasteiger partial charge in [0.25, 0.3) is 0 Å². The molecule has 0 aliphatic carbocycles. The third kappa shape index (κ3) is 3.10. The number of hydrogen-bond donors (Lipinski definition) is 2. The second kappa shape index (κ2) is 7.08. The monoisotopic (exact) mass is 456 g/mol. The molecule has 33 heavy (non-hydrogen) atoms. The number of carbonyl (C=O) groups is 1. The maximum atomic E-state index is 15.1. The van der Waals surface area contributed by atoms with E-state index in [9.17, 15) is 23.5 Å². The molecule has 0 saturated heterocycles. The van der Waals surface area contributed by atoms with Crippen LogP contribution in [0.15, 0.2) is 35.3 Å². The van der Waals surface area contributed by atoms with Crippen LogP contribution in [0.2, 0.25) is 0 Å². The molecule has 3 N–H and O–H groups in total. The maximum Gasteiger partial charge on any atom is 0.341 e. The number of anilines is 2. The number of aromatic carboxylic acids is 1. The van der Waals surface area contributed by atoms with Crippen LogP contribution in [-0.2, 0) is 20.1 Å². The molecule has 5 rings (SSSR count). The predicted octanol–water partition coefficient (Wildman–Crippen LogP) is 2.34. The summed E-state index contributed by atoms with van der Waals surface area (Å²) in [5.74, 6) is -4.05. The van der Waals surface area contributed by atoms with E-state index in [1.807, 2.05) is 0 Å². The van der Waals surface area contributed by atoms with Crippen LogP contribution < -0.4 is 16.1 Å². The van der Waals surface area contributed by atoms with E-state index < -0.39 is 34.4 Å². The quantitative estimate of drug-likeness (QED) is 0.486. The fraction of sp³-hybridized carbons (Fsp3) is 0.143. The molecule has 4 aromatic rings. The molecule has 9 nitrogen and oxygen atoms in total. The Balaban J connectivity index is 1.75. The summed E-state index contributed by atoms with van der Waals surface area (Å²) in [7, 11) is 1.68. The number of nitrogens with two attached hydrogens (primary N) is 1. The van der Waals surface area contributed by atoms with Crippen LogP contribution in [0.3, 0.4) is 0 Å². The van der Waals surface area contributed by atoms with Gasteiger partial charge in [0.05, 0.1) is 29.9 Å².